The molecule has 2 rings (SSSR count). The summed E-state index contributed by atoms with van der Waals surface area (Å²) in [5.74, 6) is 1.70. The fourth-order valence-corrected chi connectivity index (χ4v) is 1.76. The van der Waals surface area contributed by atoms with Crippen molar-refractivity contribution in [3.05, 3.63) is 12.4 Å². The third kappa shape index (κ3) is 3.06. The quantitative estimate of drug-likeness (QED) is 0.790. The molecule has 88 valence electrons. The number of anilines is 2. The predicted octanol–water partition coefficient (Wildman–Crippen LogP) is 1.50. The van der Waals surface area contributed by atoms with Gasteiger partial charge in [0.05, 0.1) is 6.10 Å². The third-order valence-electron chi connectivity index (χ3n) is 2.56. The van der Waals surface area contributed by atoms with E-state index in [2.05, 4.69) is 20.6 Å². The van der Waals surface area contributed by atoms with Gasteiger partial charge in [-0.1, -0.05) is 0 Å². The van der Waals surface area contributed by atoms with Crippen LogP contribution in [0.4, 0.5) is 11.6 Å². The Labute approximate surface area is 95.6 Å². The first-order valence-corrected chi connectivity index (χ1v) is 5.80. The first-order valence-electron chi connectivity index (χ1n) is 5.80. The Balaban J connectivity index is 1.85. The fraction of sp³-hybridized carbons (Fsp3) is 0.636. The van der Waals surface area contributed by atoms with E-state index in [0.717, 1.165) is 37.8 Å². The van der Waals surface area contributed by atoms with Gasteiger partial charge in [-0.2, -0.15) is 0 Å². The molecule has 1 unspecified atom stereocenters. The minimum Gasteiger partial charge on any atom is -0.376 e. The summed E-state index contributed by atoms with van der Waals surface area (Å²) in [6, 6.07) is 1.92. The number of hydrogen-bond donors (Lipinski definition) is 2. The summed E-state index contributed by atoms with van der Waals surface area (Å²) in [5, 5.41) is 6.42. The maximum atomic E-state index is 5.53. The Kier molecular flexibility index (Phi) is 3.93. The van der Waals surface area contributed by atoms with Crippen molar-refractivity contribution in [2.75, 3.05) is 30.3 Å². The van der Waals surface area contributed by atoms with Gasteiger partial charge in [0, 0.05) is 25.8 Å². The smallest absolute Gasteiger partial charge is 0.131 e. The van der Waals surface area contributed by atoms with Crippen LogP contribution in [0.2, 0.25) is 0 Å². The molecule has 1 atom stereocenters. The lowest BCUT2D eigenvalue weighted by Crippen LogP contribution is -2.19. The molecular weight excluding hydrogens is 204 g/mol. The molecular formula is C11H18N4O. The molecule has 1 aliphatic heterocycles. The lowest BCUT2D eigenvalue weighted by molar-refractivity contribution is 0.120. The van der Waals surface area contributed by atoms with Crippen molar-refractivity contribution >= 4 is 11.6 Å². The maximum Gasteiger partial charge on any atom is 0.131 e. The number of aromatic nitrogens is 2. The molecule has 0 spiro atoms. The second kappa shape index (κ2) is 5.65. The zero-order valence-electron chi connectivity index (χ0n) is 9.57. The number of rotatable bonds is 5. The molecule has 5 heteroatoms. The minimum atomic E-state index is 0.331. The van der Waals surface area contributed by atoms with Gasteiger partial charge >= 0.3 is 0 Å². The second-order valence-corrected chi connectivity index (χ2v) is 3.83. The third-order valence-corrected chi connectivity index (χ3v) is 2.56. The topological polar surface area (TPSA) is 59.1 Å². The summed E-state index contributed by atoms with van der Waals surface area (Å²) in [6.45, 7) is 4.62. The Hall–Kier alpha value is -1.36. The van der Waals surface area contributed by atoms with E-state index in [1.165, 1.54) is 6.42 Å². The van der Waals surface area contributed by atoms with E-state index in [-0.39, 0.29) is 0 Å². The van der Waals surface area contributed by atoms with Crippen molar-refractivity contribution in [1.82, 2.24) is 9.97 Å². The molecule has 1 aliphatic rings. The van der Waals surface area contributed by atoms with Gasteiger partial charge in [-0.25, -0.2) is 9.97 Å². The van der Waals surface area contributed by atoms with Crippen molar-refractivity contribution in [1.29, 1.82) is 0 Å². The highest BCUT2D eigenvalue weighted by Crippen LogP contribution is 2.13. The molecule has 0 saturated carbocycles. The normalized spacial score (nSPS) is 19.7. The summed E-state index contributed by atoms with van der Waals surface area (Å²) in [6.07, 6.45) is 4.20. The van der Waals surface area contributed by atoms with Crippen molar-refractivity contribution in [3.8, 4) is 0 Å². The Bertz CT molecular complexity index is 326. The highest BCUT2D eigenvalue weighted by atomic mass is 16.5. The highest BCUT2D eigenvalue weighted by molar-refractivity contribution is 5.46. The lowest BCUT2D eigenvalue weighted by atomic mass is 10.2. The van der Waals surface area contributed by atoms with Crippen LogP contribution in [-0.2, 0) is 4.74 Å². The minimum absolute atomic E-state index is 0.331. The molecule has 5 nitrogen and oxygen atoms in total. The summed E-state index contributed by atoms with van der Waals surface area (Å²) in [4.78, 5) is 8.28. The summed E-state index contributed by atoms with van der Waals surface area (Å²) in [7, 11) is 0. The SMILES string of the molecule is CCNc1cc(NCC2CCCO2)ncn1. The largest absolute Gasteiger partial charge is 0.376 e. The number of nitrogens with zero attached hydrogens (tertiary/aromatic N) is 2. The lowest BCUT2D eigenvalue weighted by Gasteiger charge is -2.11. The molecule has 16 heavy (non-hydrogen) atoms. The van der Waals surface area contributed by atoms with Gasteiger partial charge < -0.3 is 15.4 Å². The molecule has 0 radical (unpaired) electrons. The monoisotopic (exact) mass is 222 g/mol. The number of hydrogen-bond acceptors (Lipinski definition) is 5. The van der Waals surface area contributed by atoms with Crippen LogP contribution in [0.1, 0.15) is 19.8 Å². The summed E-state index contributed by atoms with van der Waals surface area (Å²) >= 11 is 0. The van der Waals surface area contributed by atoms with Gasteiger partial charge in [-0.05, 0) is 19.8 Å². The molecule has 1 fully saturated rings. The van der Waals surface area contributed by atoms with Crippen molar-refractivity contribution in [3.63, 3.8) is 0 Å². The van der Waals surface area contributed by atoms with Crippen molar-refractivity contribution < 1.29 is 4.74 Å². The van der Waals surface area contributed by atoms with Gasteiger partial charge in [0.25, 0.3) is 0 Å². The average molecular weight is 222 g/mol. The van der Waals surface area contributed by atoms with Gasteiger partial charge in [0.1, 0.15) is 18.0 Å². The molecule has 0 bridgehead atoms. The van der Waals surface area contributed by atoms with Crippen LogP contribution < -0.4 is 10.6 Å². The first-order chi connectivity index (χ1) is 7.88. The molecule has 2 heterocycles. The Morgan fingerprint density at radius 2 is 2.19 bits per heavy atom. The van der Waals surface area contributed by atoms with Crippen LogP contribution in [0, 0.1) is 0 Å². The number of ether oxygens (including phenoxy) is 1. The van der Waals surface area contributed by atoms with E-state index in [9.17, 15) is 0 Å². The van der Waals surface area contributed by atoms with E-state index in [0.29, 0.717) is 6.10 Å². The van der Waals surface area contributed by atoms with Gasteiger partial charge in [-0.3, -0.25) is 0 Å². The zero-order chi connectivity index (χ0) is 11.2. The molecule has 0 amide bonds. The van der Waals surface area contributed by atoms with E-state index >= 15 is 0 Å². The van der Waals surface area contributed by atoms with E-state index in [1.807, 2.05) is 13.0 Å². The molecule has 0 aromatic carbocycles. The van der Waals surface area contributed by atoms with Crippen LogP contribution in [0.5, 0.6) is 0 Å². The van der Waals surface area contributed by atoms with E-state index in [4.69, 9.17) is 4.74 Å². The predicted molar refractivity (Wildman–Crippen MR) is 63.7 cm³/mol. The fourth-order valence-electron chi connectivity index (χ4n) is 1.76. The van der Waals surface area contributed by atoms with E-state index in [1.54, 1.807) is 6.33 Å². The van der Waals surface area contributed by atoms with Crippen molar-refractivity contribution in [2.45, 2.75) is 25.9 Å². The molecule has 2 N–H and O–H groups in total. The summed E-state index contributed by atoms with van der Waals surface area (Å²) in [5.41, 5.74) is 0. The molecule has 1 aromatic heterocycles. The molecule has 0 aliphatic carbocycles. The zero-order valence-corrected chi connectivity index (χ0v) is 9.57. The van der Waals surface area contributed by atoms with Crippen LogP contribution in [0.15, 0.2) is 12.4 Å². The average Bonchev–Trinajstić information content (AvgIpc) is 2.80. The second-order valence-electron chi connectivity index (χ2n) is 3.83. The standard InChI is InChI=1S/C11H18N4O/c1-2-12-10-6-11(15-8-14-10)13-7-9-4-3-5-16-9/h6,8-9H,2-5,7H2,1H3,(H2,12,13,14,15). The van der Waals surface area contributed by atoms with Crippen LogP contribution in [0.3, 0.4) is 0 Å². The van der Waals surface area contributed by atoms with Gasteiger partial charge in [0.2, 0.25) is 0 Å². The van der Waals surface area contributed by atoms with Crippen LogP contribution in [-0.4, -0.2) is 35.8 Å². The number of nitrogens with one attached hydrogen (secondary N) is 2. The summed E-state index contributed by atoms with van der Waals surface area (Å²) < 4.78 is 5.53. The van der Waals surface area contributed by atoms with Gasteiger partial charge in [0.15, 0.2) is 0 Å². The van der Waals surface area contributed by atoms with Gasteiger partial charge in [-0.15, -0.1) is 0 Å². The highest BCUT2D eigenvalue weighted by Gasteiger charge is 2.14. The molecule has 1 aromatic rings. The maximum absolute atomic E-state index is 5.53. The van der Waals surface area contributed by atoms with E-state index < -0.39 is 0 Å². The van der Waals surface area contributed by atoms with Crippen LogP contribution in [0.25, 0.3) is 0 Å². The van der Waals surface area contributed by atoms with Crippen LogP contribution >= 0.6 is 0 Å². The van der Waals surface area contributed by atoms with Crippen molar-refractivity contribution in [2.24, 2.45) is 0 Å². The Morgan fingerprint density at radius 3 is 2.88 bits per heavy atom. The first kappa shape index (κ1) is 11.1. The molecule has 1 saturated heterocycles. The Morgan fingerprint density at radius 1 is 1.38 bits per heavy atom.